The zero-order chi connectivity index (χ0) is 17.2. The van der Waals surface area contributed by atoms with Crippen LogP contribution in [0.15, 0.2) is 34.9 Å². The molecule has 1 aliphatic heterocycles. The van der Waals surface area contributed by atoms with Crippen LogP contribution >= 0.6 is 0 Å². The topological polar surface area (TPSA) is 88.3 Å². The number of hydrogen-bond donors (Lipinski definition) is 1. The molecule has 7 nitrogen and oxygen atoms in total. The summed E-state index contributed by atoms with van der Waals surface area (Å²) in [7, 11) is 0. The van der Waals surface area contributed by atoms with E-state index in [9.17, 15) is 9.59 Å². The molecule has 3 rings (SSSR count). The fourth-order valence-electron chi connectivity index (χ4n) is 2.98. The smallest absolute Gasteiger partial charge is 0.325 e. The molecule has 0 spiro atoms. The Bertz CT molecular complexity index is 743. The van der Waals surface area contributed by atoms with Gasteiger partial charge >= 0.3 is 6.03 Å². The number of hydrogen-bond acceptors (Lipinski definition) is 5. The van der Waals surface area contributed by atoms with Gasteiger partial charge in [-0.25, -0.2) is 4.79 Å². The first-order valence-corrected chi connectivity index (χ1v) is 8.05. The van der Waals surface area contributed by atoms with Gasteiger partial charge in [-0.05, 0) is 18.9 Å². The molecular formula is C17H20N4O3. The van der Waals surface area contributed by atoms with Gasteiger partial charge in [-0.15, -0.1) is 0 Å². The minimum absolute atomic E-state index is 0.0216. The number of nitrogens with one attached hydrogen (secondary N) is 1. The number of unbranched alkanes of at least 4 members (excludes halogenated alkanes) is 1. The number of rotatable bonds is 6. The van der Waals surface area contributed by atoms with Gasteiger partial charge in [-0.2, -0.15) is 4.98 Å². The van der Waals surface area contributed by atoms with Crippen molar-refractivity contribution in [2.75, 3.05) is 0 Å². The maximum absolute atomic E-state index is 13.1. The average Bonchev–Trinajstić information content (AvgIpc) is 3.11. The predicted molar refractivity (Wildman–Crippen MR) is 85.8 cm³/mol. The standard InChI is InChI=1S/C17H20N4O3/c1-3-4-10-17(13-8-6-5-7-9-13)15(22)21(16(23)19-17)11-14-18-12(2)20-24-14/h5-9H,3-4,10-11H2,1-2H3,(H,19,23). The van der Waals surface area contributed by atoms with E-state index in [1.165, 1.54) is 0 Å². The van der Waals surface area contributed by atoms with Crippen LogP contribution in [0.5, 0.6) is 0 Å². The molecular weight excluding hydrogens is 308 g/mol. The van der Waals surface area contributed by atoms with E-state index < -0.39 is 11.6 Å². The molecule has 1 saturated heterocycles. The van der Waals surface area contributed by atoms with E-state index >= 15 is 0 Å². The fraction of sp³-hybridized carbons (Fsp3) is 0.412. The zero-order valence-corrected chi connectivity index (χ0v) is 13.8. The highest BCUT2D eigenvalue weighted by Gasteiger charge is 2.52. The monoisotopic (exact) mass is 328 g/mol. The summed E-state index contributed by atoms with van der Waals surface area (Å²) >= 11 is 0. The molecule has 1 unspecified atom stereocenters. The molecule has 2 heterocycles. The highest BCUT2D eigenvalue weighted by Crippen LogP contribution is 2.34. The Balaban J connectivity index is 1.93. The second-order valence-corrected chi connectivity index (χ2v) is 5.93. The average molecular weight is 328 g/mol. The summed E-state index contributed by atoms with van der Waals surface area (Å²) in [5, 5.41) is 6.59. The minimum atomic E-state index is -1.02. The lowest BCUT2D eigenvalue weighted by Crippen LogP contribution is -2.44. The molecule has 0 bridgehead atoms. The molecule has 7 heteroatoms. The van der Waals surface area contributed by atoms with Crippen LogP contribution in [-0.2, 0) is 16.9 Å². The quantitative estimate of drug-likeness (QED) is 0.823. The van der Waals surface area contributed by atoms with E-state index in [0.717, 1.165) is 23.3 Å². The van der Waals surface area contributed by atoms with Crippen molar-refractivity contribution in [1.29, 1.82) is 0 Å². The van der Waals surface area contributed by atoms with Crippen molar-refractivity contribution >= 4 is 11.9 Å². The Labute approximate surface area is 140 Å². The number of aromatic nitrogens is 2. The van der Waals surface area contributed by atoms with Gasteiger partial charge in [0.25, 0.3) is 5.91 Å². The second-order valence-electron chi connectivity index (χ2n) is 5.93. The van der Waals surface area contributed by atoms with E-state index in [1.54, 1.807) is 6.92 Å². The van der Waals surface area contributed by atoms with E-state index in [0.29, 0.717) is 12.2 Å². The Morgan fingerprint density at radius 2 is 2.00 bits per heavy atom. The number of benzene rings is 1. The second kappa shape index (κ2) is 6.43. The Kier molecular flexibility index (Phi) is 4.33. The van der Waals surface area contributed by atoms with Crippen molar-refractivity contribution in [1.82, 2.24) is 20.4 Å². The van der Waals surface area contributed by atoms with Gasteiger partial charge in [-0.3, -0.25) is 9.69 Å². The van der Waals surface area contributed by atoms with Crippen LogP contribution in [0.4, 0.5) is 4.79 Å². The summed E-state index contributed by atoms with van der Waals surface area (Å²) in [6, 6.07) is 8.93. The number of imide groups is 1. The number of urea groups is 1. The van der Waals surface area contributed by atoms with Gasteiger partial charge in [0.1, 0.15) is 12.1 Å². The molecule has 0 radical (unpaired) electrons. The van der Waals surface area contributed by atoms with Gasteiger partial charge in [0.05, 0.1) is 0 Å². The summed E-state index contributed by atoms with van der Waals surface area (Å²) in [4.78, 5) is 30.8. The molecule has 126 valence electrons. The Morgan fingerprint density at radius 1 is 1.25 bits per heavy atom. The Morgan fingerprint density at radius 3 is 2.62 bits per heavy atom. The molecule has 1 aromatic carbocycles. The number of carbonyl (C=O) groups excluding carboxylic acids is 2. The van der Waals surface area contributed by atoms with Crippen LogP contribution in [0, 0.1) is 6.92 Å². The summed E-state index contributed by atoms with van der Waals surface area (Å²) < 4.78 is 5.04. The lowest BCUT2D eigenvalue weighted by Gasteiger charge is -2.27. The molecule has 1 fully saturated rings. The van der Waals surface area contributed by atoms with Crippen LogP contribution < -0.4 is 5.32 Å². The highest BCUT2D eigenvalue weighted by molar-refractivity contribution is 6.07. The third-order valence-corrected chi connectivity index (χ3v) is 4.21. The lowest BCUT2D eigenvalue weighted by atomic mass is 9.85. The van der Waals surface area contributed by atoms with Gasteiger partial charge in [0, 0.05) is 0 Å². The maximum Gasteiger partial charge on any atom is 0.325 e. The van der Waals surface area contributed by atoms with Crippen molar-refractivity contribution in [3.8, 4) is 0 Å². The van der Waals surface area contributed by atoms with E-state index in [-0.39, 0.29) is 18.3 Å². The summed E-state index contributed by atoms with van der Waals surface area (Å²) in [5.74, 6) is 0.440. The van der Waals surface area contributed by atoms with Crippen molar-refractivity contribution < 1.29 is 14.1 Å². The summed E-state index contributed by atoms with van der Waals surface area (Å²) in [6.07, 6.45) is 2.31. The van der Waals surface area contributed by atoms with Crippen LogP contribution in [0.2, 0.25) is 0 Å². The van der Waals surface area contributed by atoms with E-state index in [4.69, 9.17) is 4.52 Å². The van der Waals surface area contributed by atoms with Crippen molar-refractivity contribution in [2.45, 2.75) is 45.2 Å². The third-order valence-electron chi connectivity index (χ3n) is 4.21. The van der Waals surface area contributed by atoms with Crippen molar-refractivity contribution in [3.63, 3.8) is 0 Å². The summed E-state index contributed by atoms with van der Waals surface area (Å²) in [6.45, 7) is 3.72. The molecule has 3 amide bonds. The van der Waals surface area contributed by atoms with Gasteiger partial charge in [-0.1, -0.05) is 55.3 Å². The molecule has 1 N–H and O–H groups in total. The first-order valence-electron chi connectivity index (χ1n) is 8.05. The predicted octanol–water partition coefficient (Wildman–Crippen LogP) is 2.52. The van der Waals surface area contributed by atoms with E-state index in [2.05, 4.69) is 22.4 Å². The minimum Gasteiger partial charge on any atom is -0.337 e. The highest BCUT2D eigenvalue weighted by atomic mass is 16.5. The van der Waals surface area contributed by atoms with E-state index in [1.807, 2.05) is 30.3 Å². The summed E-state index contributed by atoms with van der Waals surface area (Å²) in [5.41, 5.74) is -0.232. The van der Waals surface area contributed by atoms with Gasteiger partial charge in [0.15, 0.2) is 5.82 Å². The number of amides is 3. The number of carbonyl (C=O) groups is 2. The first-order chi connectivity index (χ1) is 11.6. The first kappa shape index (κ1) is 16.2. The molecule has 2 aromatic rings. The zero-order valence-electron chi connectivity index (χ0n) is 13.8. The molecule has 1 aromatic heterocycles. The number of aryl methyl sites for hydroxylation is 1. The van der Waals surface area contributed by atoms with Gasteiger partial charge in [0.2, 0.25) is 5.89 Å². The third kappa shape index (κ3) is 2.77. The molecule has 1 atom stereocenters. The molecule has 0 saturated carbocycles. The molecule has 1 aliphatic rings. The van der Waals surface area contributed by atoms with Crippen LogP contribution in [0.25, 0.3) is 0 Å². The normalized spacial score (nSPS) is 20.5. The molecule has 0 aliphatic carbocycles. The SMILES string of the molecule is CCCCC1(c2ccccc2)NC(=O)N(Cc2nc(C)no2)C1=O. The lowest BCUT2D eigenvalue weighted by molar-refractivity contribution is -0.132. The van der Waals surface area contributed by atoms with Gasteiger partial charge < -0.3 is 9.84 Å². The van der Waals surface area contributed by atoms with Crippen molar-refractivity contribution in [3.05, 3.63) is 47.6 Å². The largest absolute Gasteiger partial charge is 0.337 e. The van der Waals surface area contributed by atoms with Crippen LogP contribution in [0.3, 0.4) is 0 Å². The van der Waals surface area contributed by atoms with Crippen LogP contribution in [0.1, 0.15) is 43.5 Å². The maximum atomic E-state index is 13.1. The Hall–Kier alpha value is -2.70. The van der Waals surface area contributed by atoms with Crippen molar-refractivity contribution in [2.24, 2.45) is 0 Å². The van der Waals surface area contributed by atoms with Crippen LogP contribution in [-0.4, -0.2) is 27.0 Å². The fourth-order valence-corrected chi connectivity index (χ4v) is 2.98. The molecule has 24 heavy (non-hydrogen) atoms. The number of nitrogens with zero attached hydrogens (tertiary/aromatic N) is 3.